The zero-order valence-corrected chi connectivity index (χ0v) is 21.3. The number of hydrogen-bond acceptors (Lipinski definition) is 6. The topological polar surface area (TPSA) is 70.2 Å². The molecule has 0 radical (unpaired) electrons. The van der Waals surface area contributed by atoms with Crippen LogP contribution in [0, 0.1) is 12.8 Å². The number of aromatic nitrogens is 2. The van der Waals surface area contributed by atoms with E-state index in [0.717, 1.165) is 76.1 Å². The number of anilines is 1. The summed E-state index contributed by atoms with van der Waals surface area (Å²) in [6.07, 6.45) is 7.79. The lowest BCUT2D eigenvalue weighted by atomic mass is 10.0. The summed E-state index contributed by atoms with van der Waals surface area (Å²) in [5.74, 6) is 1.42. The minimum absolute atomic E-state index is 0.0249. The Balaban J connectivity index is 1.27. The Labute approximate surface area is 206 Å². The first-order chi connectivity index (χ1) is 16.5. The monoisotopic (exact) mass is 477 g/mol. The molecule has 1 saturated heterocycles. The predicted octanol–water partition coefficient (Wildman–Crippen LogP) is 5.48. The molecular formula is C27H35N5OS. The molecule has 3 aromatic rings. The van der Waals surface area contributed by atoms with Crippen LogP contribution in [-0.2, 0) is 0 Å². The molecule has 3 heterocycles. The van der Waals surface area contributed by atoms with Gasteiger partial charge in [-0.2, -0.15) is 0 Å². The van der Waals surface area contributed by atoms with E-state index in [9.17, 15) is 4.79 Å². The highest BCUT2D eigenvalue weighted by Crippen LogP contribution is 2.36. The van der Waals surface area contributed by atoms with Gasteiger partial charge in [-0.3, -0.25) is 4.79 Å². The molecule has 34 heavy (non-hydrogen) atoms. The number of rotatable bonds is 9. The summed E-state index contributed by atoms with van der Waals surface area (Å²) >= 11 is 1.68. The van der Waals surface area contributed by atoms with Crippen molar-refractivity contribution in [1.29, 1.82) is 0 Å². The number of thiophene rings is 1. The van der Waals surface area contributed by atoms with Crippen LogP contribution in [-0.4, -0.2) is 52.5 Å². The number of carbonyl (C=O) groups excluding carboxylic acids is 1. The van der Waals surface area contributed by atoms with Gasteiger partial charge in [0.25, 0.3) is 5.91 Å². The lowest BCUT2D eigenvalue weighted by molar-refractivity contribution is 0.0953. The van der Waals surface area contributed by atoms with E-state index in [1.165, 1.54) is 19.4 Å². The molecule has 1 atom stereocenters. The van der Waals surface area contributed by atoms with Gasteiger partial charge in [0.05, 0.1) is 10.6 Å². The third kappa shape index (κ3) is 5.10. The molecular weight excluding hydrogens is 442 g/mol. The average Bonchev–Trinajstić information content (AvgIpc) is 3.32. The van der Waals surface area contributed by atoms with Gasteiger partial charge in [-0.15, -0.1) is 11.3 Å². The number of benzene rings is 1. The van der Waals surface area contributed by atoms with E-state index in [1.54, 1.807) is 11.3 Å². The molecule has 2 fully saturated rings. The lowest BCUT2D eigenvalue weighted by Gasteiger charge is -2.27. The van der Waals surface area contributed by atoms with Gasteiger partial charge in [-0.05, 0) is 75.3 Å². The Morgan fingerprint density at radius 1 is 1.26 bits per heavy atom. The normalized spacial score (nSPS) is 18.6. The van der Waals surface area contributed by atoms with E-state index in [-0.39, 0.29) is 5.91 Å². The Kier molecular flexibility index (Phi) is 6.84. The van der Waals surface area contributed by atoms with Gasteiger partial charge in [-0.1, -0.05) is 19.9 Å². The minimum atomic E-state index is 0.0249. The SMILES string of the molecule is Cc1cnc(NCCCN2CCCC2C(C)C)nc1-c1cc2c(C(=O)NC3CC3)cccc2s1. The zero-order chi connectivity index (χ0) is 23.7. The van der Waals surface area contributed by atoms with E-state index < -0.39 is 0 Å². The van der Waals surface area contributed by atoms with Crippen LogP contribution in [0.2, 0.25) is 0 Å². The molecule has 2 aliphatic rings. The molecule has 1 unspecified atom stereocenters. The van der Waals surface area contributed by atoms with Crippen molar-refractivity contribution in [3.05, 3.63) is 41.6 Å². The number of likely N-dealkylation sites (tertiary alicyclic amines) is 1. The van der Waals surface area contributed by atoms with Crippen LogP contribution in [0.5, 0.6) is 0 Å². The second kappa shape index (κ2) is 10.0. The Bertz CT molecular complexity index is 1170. The van der Waals surface area contributed by atoms with Crippen molar-refractivity contribution in [2.24, 2.45) is 5.92 Å². The largest absolute Gasteiger partial charge is 0.354 e. The van der Waals surface area contributed by atoms with Crippen molar-refractivity contribution in [2.75, 3.05) is 25.0 Å². The van der Waals surface area contributed by atoms with Crippen molar-refractivity contribution in [3.8, 4) is 10.6 Å². The van der Waals surface area contributed by atoms with Gasteiger partial charge in [0.15, 0.2) is 0 Å². The van der Waals surface area contributed by atoms with E-state index in [2.05, 4.69) is 46.5 Å². The Morgan fingerprint density at radius 2 is 2.12 bits per heavy atom. The summed E-state index contributed by atoms with van der Waals surface area (Å²) in [7, 11) is 0. The summed E-state index contributed by atoms with van der Waals surface area (Å²) in [4.78, 5) is 25.8. The van der Waals surface area contributed by atoms with Crippen molar-refractivity contribution in [2.45, 2.75) is 65.0 Å². The van der Waals surface area contributed by atoms with Gasteiger partial charge < -0.3 is 15.5 Å². The van der Waals surface area contributed by atoms with Crippen molar-refractivity contribution >= 4 is 33.3 Å². The highest BCUT2D eigenvalue weighted by atomic mass is 32.1. The van der Waals surface area contributed by atoms with Crippen molar-refractivity contribution in [3.63, 3.8) is 0 Å². The van der Waals surface area contributed by atoms with E-state index >= 15 is 0 Å². The fourth-order valence-electron chi connectivity index (χ4n) is 5.01. The Hall–Kier alpha value is -2.51. The van der Waals surface area contributed by atoms with Crippen molar-refractivity contribution in [1.82, 2.24) is 20.2 Å². The molecule has 1 aliphatic carbocycles. The maximum Gasteiger partial charge on any atom is 0.252 e. The quantitative estimate of drug-likeness (QED) is 0.399. The van der Waals surface area contributed by atoms with Gasteiger partial charge in [0.2, 0.25) is 5.95 Å². The number of nitrogens with one attached hydrogen (secondary N) is 2. The molecule has 5 rings (SSSR count). The van der Waals surface area contributed by atoms with Gasteiger partial charge in [0, 0.05) is 47.0 Å². The minimum Gasteiger partial charge on any atom is -0.354 e. The molecule has 7 heteroatoms. The fourth-order valence-corrected chi connectivity index (χ4v) is 6.15. The predicted molar refractivity (Wildman–Crippen MR) is 141 cm³/mol. The van der Waals surface area contributed by atoms with Gasteiger partial charge in [-0.25, -0.2) is 9.97 Å². The Morgan fingerprint density at radius 3 is 2.91 bits per heavy atom. The average molecular weight is 478 g/mol. The van der Waals surface area contributed by atoms with Crippen LogP contribution < -0.4 is 10.6 Å². The van der Waals surface area contributed by atoms with E-state index in [0.29, 0.717) is 12.0 Å². The van der Waals surface area contributed by atoms with Crippen LogP contribution in [0.4, 0.5) is 5.95 Å². The van der Waals surface area contributed by atoms with Crippen molar-refractivity contribution < 1.29 is 4.79 Å². The first kappa shape index (κ1) is 23.2. The molecule has 6 nitrogen and oxygen atoms in total. The molecule has 1 saturated carbocycles. The van der Waals surface area contributed by atoms with Crippen LogP contribution in [0.1, 0.15) is 61.9 Å². The number of carbonyl (C=O) groups is 1. The van der Waals surface area contributed by atoms with Crippen LogP contribution in [0.3, 0.4) is 0 Å². The first-order valence-electron chi connectivity index (χ1n) is 12.6. The zero-order valence-electron chi connectivity index (χ0n) is 20.4. The third-order valence-corrected chi connectivity index (χ3v) is 8.12. The molecule has 0 bridgehead atoms. The first-order valence-corrected chi connectivity index (χ1v) is 13.5. The number of amides is 1. The van der Waals surface area contributed by atoms with Crippen LogP contribution >= 0.6 is 11.3 Å². The third-order valence-electron chi connectivity index (χ3n) is 7.01. The maximum absolute atomic E-state index is 12.7. The van der Waals surface area contributed by atoms with Gasteiger partial charge in [0.1, 0.15) is 0 Å². The number of hydrogen-bond donors (Lipinski definition) is 2. The highest BCUT2D eigenvalue weighted by Gasteiger charge is 2.26. The van der Waals surface area contributed by atoms with Gasteiger partial charge >= 0.3 is 0 Å². The molecule has 1 aliphatic heterocycles. The molecule has 2 N–H and O–H groups in total. The molecule has 0 spiro atoms. The smallest absolute Gasteiger partial charge is 0.252 e. The fraction of sp³-hybridized carbons (Fsp3) is 0.519. The second-order valence-electron chi connectivity index (χ2n) is 10.1. The molecule has 2 aromatic heterocycles. The molecule has 1 amide bonds. The summed E-state index contributed by atoms with van der Waals surface area (Å²) in [5, 5.41) is 7.55. The number of fused-ring (bicyclic) bond motifs is 1. The van der Waals surface area contributed by atoms with E-state index in [1.807, 2.05) is 25.3 Å². The second-order valence-corrected chi connectivity index (χ2v) is 11.2. The molecule has 1 aromatic carbocycles. The number of aryl methyl sites for hydroxylation is 1. The summed E-state index contributed by atoms with van der Waals surface area (Å²) in [6.45, 7) is 9.92. The molecule has 180 valence electrons. The highest BCUT2D eigenvalue weighted by molar-refractivity contribution is 7.22. The summed E-state index contributed by atoms with van der Waals surface area (Å²) < 4.78 is 1.11. The lowest BCUT2D eigenvalue weighted by Crippen LogP contribution is -2.34. The summed E-state index contributed by atoms with van der Waals surface area (Å²) in [6, 6.07) is 9.15. The van der Waals surface area contributed by atoms with Crippen LogP contribution in [0.15, 0.2) is 30.5 Å². The summed E-state index contributed by atoms with van der Waals surface area (Å²) in [5.41, 5.74) is 2.73. The maximum atomic E-state index is 12.7. The number of nitrogens with zero attached hydrogens (tertiary/aromatic N) is 3. The van der Waals surface area contributed by atoms with Crippen LogP contribution in [0.25, 0.3) is 20.7 Å². The standard InChI is InChI=1S/C27H35N5OS/c1-17(2)22-8-5-13-32(22)14-6-12-28-27-29-16-18(3)25(31-27)24-15-21-20(7-4-9-23(21)34-24)26(33)30-19-10-11-19/h4,7,9,15-17,19,22H,5-6,8,10-14H2,1-3H3,(H,30,33)(H,28,29,31). The van der Waals surface area contributed by atoms with E-state index in [4.69, 9.17) is 4.98 Å².